The molecule has 0 saturated heterocycles. The van der Waals surface area contributed by atoms with Gasteiger partial charge in [-0.05, 0) is 29.3 Å². The molecule has 0 bridgehead atoms. The van der Waals surface area contributed by atoms with Gasteiger partial charge in [-0.2, -0.15) is 0 Å². The molecule has 1 amide bonds. The van der Waals surface area contributed by atoms with Crippen molar-refractivity contribution in [3.8, 4) is 12.3 Å². The van der Waals surface area contributed by atoms with Crippen LogP contribution in [0.1, 0.15) is 30.1 Å². The van der Waals surface area contributed by atoms with E-state index in [1.807, 2.05) is 49.4 Å². The van der Waals surface area contributed by atoms with Crippen molar-refractivity contribution >= 4 is 16.7 Å². The first-order chi connectivity index (χ1) is 9.24. The third-order valence-electron chi connectivity index (χ3n) is 3.10. The van der Waals surface area contributed by atoms with Gasteiger partial charge in [0.1, 0.15) is 0 Å². The lowest BCUT2D eigenvalue weighted by Crippen LogP contribution is -2.33. The van der Waals surface area contributed by atoms with E-state index in [1.165, 1.54) is 0 Å². The Morgan fingerprint density at radius 3 is 2.68 bits per heavy atom. The lowest BCUT2D eigenvalue weighted by atomic mass is 10.1. The van der Waals surface area contributed by atoms with Crippen LogP contribution in [-0.4, -0.2) is 11.9 Å². The molecule has 19 heavy (non-hydrogen) atoms. The molecule has 2 heteroatoms. The maximum atomic E-state index is 12.1. The van der Waals surface area contributed by atoms with E-state index in [2.05, 4.69) is 11.2 Å². The molecule has 0 aliphatic rings. The highest BCUT2D eigenvalue weighted by Gasteiger charge is 2.10. The third-order valence-corrected chi connectivity index (χ3v) is 3.10. The number of fused-ring (bicyclic) bond motifs is 1. The fourth-order valence-electron chi connectivity index (χ4n) is 2.06. The lowest BCUT2D eigenvalue weighted by Gasteiger charge is -2.12. The molecule has 0 aromatic heterocycles. The molecule has 96 valence electrons. The average Bonchev–Trinajstić information content (AvgIpc) is 2.46. The van der Waals surface area contributed by atoms with Crippen LogP contribution in [0.5, 0.6) is 0 Å². The summed E-state index contributed by atoms with van der Waals surface area (Å²) in [5.41, 5.74) is 0.648. The Morgan fingerprint density at radius 1 is 1.26 bits per heavy atom. The molecule has 2 aromatic rings. The molecule has 1 unspecified atom stereocenters. The molecule has 0 saturated carbocycles. The number of amides is 1. The number of carbonyl (C=O) groups excluding carboxylic acids is 1. The molecule has 0 fully saturated rings. The van der Waals surface area contributed by atoms with Crippen LogP contribution in [0.25, 0.3) is 10.8 Å². The number of nitrogens with one attached hydrogen (secondary N) is 1. The quantitative estimate of drug-likeness (QED) is 0.829. The monoisotopic (exact) mass is 251 g/mol. The number of carbonyl (C=O) groups is 1. The Hall–Kier alpha value is -2.27. The molecule has 0 spiro atoms. The van der Waals surface area contributed by atoms with Crippen LogP contribution < -0.4 is 5.32 Å². The second-order valence-electron chi connectivity index (χ2n) is 4.54. The van der Waals surface area contributed by atoms with Gasteiger partial charge in [-0.25, -0.2) is 0 Å². The van der Waals surface area contributed by atoms with Crippen molar-refractivity contribution in [2.24, 2.45) is 0 Å². The SMILES string of the molecule is C#CC(CCC)NC(=O)c1ccc2ccccc2c1. The summed E-state index contributed by atoms with van der Waals surface area (Å²) >= 11 is 0. The molecule has 0 aliphatic carbocycles. The zero-order valence-electron chi connectivity index (χ0n) is 11.0. The smallest absolute Gasteiger partial charge is 0.252 e. The number of benzene rings is 2. The van der Waals surface area contributed by atoms with Crippen LogP contribution in [-0.2, 0) is 0 Å². The first kappa shape index (κ1) is 13.2. The Labute approximate surface area is 113 Å². The normalized spacial score (nSPS) is 11.8. The first-order valence-corrected chi connectivity index (χ1v) is 6.50. The first-order valence-electron chi connectivity index (χ1n) is 6.50. The van der Waals surface area contributed by atoms with Crippen LogP contribution in [0.2, 0.25) is 0 Å². The molecule has 2 aromatic carbocycles. The topological polar surface area (TPSA) is 29.1 Å². The van der Waals surface area contributed by atoms with E-state index in [0.717, 1.165) is 23.6 Å². The molecule has 0 heterocycles. The van der Waals surface area contributed by atoms with Crippen LogP contribution >= 0.6 is 0 Å². The van der Waals surface area contributed by atoms with Crippen LogP contribution in [0.15, 0.2) is 42.5 Å². The van der Waals surface area contributed by atoms with Gasteiger partial charge in [0.25, 0.3) is 5.91 Å². The van der Waals surface area contributed by atoms with Crippen molar-refractivity contribution in [2.45, 2.75) is 25.8 Å². The second-order valence-corrected chi connectivity index (χ2v) is 4.54. The molecule has 2 rings (SSSR count). The summed E-state index contributed by atoms with van der Waals surface area (Å²) in [7, 11) is 0. The minimum Gasteiger partial charge on any atom is -0.338 e. The Balaban J connectivity index is 2.19. The summed E-state index contributed by atoms with van der Waals surface area (Å²) in [6.45, 7) is 2.05. The van der Waals surface area contributed by atoms with Crippen LogP contribution in [0, 0.1) is 12.3 Å². The van der Waals surface area contributed by atoms with E-state index in [1.54, 1.807) is 0 Å². The molecule has 1 N–H and O–H groups in total. The van der Waals surface area contributed by atoms with Gasteiger partial charge in [0.05, 0.1) is 6.04 Å². The van der Waals surface area contributed by atoms with Crippen molar-refractivity contribution in [1.82, 2.24) is 5.32 Å². The summed E-state index contributed by atoms with van der Waals surface area (Å²) < 4.78 is 0. The van der Waals surface area contributed by atoms with E-state index in [4.69, 9.17) is 6.42 Å². The summed E-state index contributed by atoms with van der Waals surface area (Å²) in [6.07, 6.45) is 7.16. The van der Waals surface area contributed by atoms with E-state index in [-0.39, 0.29) is 11.9 Å². The van der Waals surface area contributed by atoms with E-state index >= 15 is 0 Å². The van der Waals surface area contributed by atoms with Gasteiger partial charge in [0.15, 0.2) is 0 Å². The largest absolute Gasteiger partial charge is 0.338 e. The van der Waals surface area contributed by atoms with Crippen molar-refractivity contribution < 1.29 is 4.79 Å². The van der Waals surface area contributed by atoms with Gasteiger partial charge in [-0.15, -0.1) is 6.42 Å². The van der Waals surface area contributed by atoms with Crippen molar-refractivity contribution in [2.75, 3.05) is 0 Å². The van der Waals surface area contributed by atoms with Crippen molar-refractivity contribution in [1.29, 1.82) is 0 Å². The highest BCUT2D eigenvalue weighted by atomic mass is 16.1. The number of hydrogen-bond acceptors (Lipinski definition) is 1. The number of hydrogen-bond donors (Lipinski definition) is 1. The minimum absolute atomic E-state index is 0.109. The number of terminal acetylenes is 1. The van der Waals surface area contributed by atoms with Gasteiger partial charge in [-0.3, -0.25) is 4.79 Å². The second kappa shape index (κ2) is 6.06. The van der Waals surface area contributed by atoms with Gasteiger partial charge in [0, 0.05) is 5.56 Å². The highest BCUT2D eigenvalue weighted by Crippen LogP contribution is 2.15. The fourth-order valence-corrected chi connectivity index (χ4v) is 2.06. The average molecular weight is 251 g/mol. The molecule has 0 radical (unpaired) electrons. The van der Waals surface area contributed by atoms with E-state index < -0.39 is 0 Å². The van der Waals surface area contributed by atoms with E-state index in [0.29, 0.717) is 5.56 Å². The van der Waals surface area contributed by atoms with Crippen LogP contribution in [0.3, 0.4) is 0 Å². The molecule has 2 nitrogen and oxygen atoms in total. The predicted molar refractivity (Wildman–Crippen MR) is 78.9 cm³/mol. The standard InChI is InChI=1S/C17H17NO/c1-3-7-16(4-2)18-17(19)15-11-10-13-8-5-6-9-14(13)12-15/h2,5-6,8-12,16H,3,7H2,1H3,(H,18,19). The van der Waals surface area contributed by atoms with E-state index in [9.17, 15) is 4.79 Å². The zero-order valence-corrected chi connectivity index (χ0v) is 11.0. The van der Waals surface area contributed by atoms with Gasteiger partial charge >= 0.3 is 0 Å². The lowest BCUT2D eigenvalue weighted by molar-refractivity contribution is 0.0944. The molecular weight excluding hydrogens is 234 g/mol. The summed E-state index contributed by atoms with van der Waals surface area (Å²) in [6, 6.07) is 13.5. The Bertz CT molecular complexity index is 624. The van der Waals surface area contributed by atoms with Crippen molar-refractivity contribution in [3.05, 3.63) is 48.0 Å². The van der Waals surface area contributed by atoms with Gasteiger partial charge in [-0.1, -0.05) is 49.6 Å². The zero-order chi connectivity index (χ0) is 13.7. The number of rotatable bonds is 4. The summed E-state index contributed by atoms with van der Waals surface area (Å²) in [5.74, 6) is 2.50. The Kier molecular flexibility index (Phi) is 4.20. The highest BCUT2D eigenvalue weighted by molar-refractivity contribution is 5.98. The van der Waals surface area contributed by atoms with Crippen molar-refractivity contribution in [3.63, 3.8) is 0 Å². The molecule has 0 aliphatic heterocycles. The predicted octanol–water partition coefficient (Wildman–Crippen LogP) is 3.37. The molecular formula is C17H17NO. The minimum atomic E-state index is -0.191. The van der Waals surface area contributed by atoms with Gasteiger partial charge in [0.2, 0.25) is 0 Å². The van der Waals surface area contributed by atoms with Gasteiger partial charge < -0.3 is 5.32 Å². The summed E-state index contributed by atoms with van der Waals surface area (Å²) in [5, 5.41) is 5.06. The molecule has 1 atom stereocenters. The van der Waals surface area contributed by atoms with Crippen LogP contribution in [0.4, 0.5) is 0 Å². The fraction of sp³-hybridized carbons (Fsp3) is 0.235. The maximum absolute atomic E-state index is 12.1. The Morgan fingerprint density at radius 2 is 2.00 bits per heavy atom. The third kappa shape index (κ3) is 3.14. The summed E-state index contributed by atoms with van der Waals surface area (Å²) in [4.78, 5) is 12.1. The maximum Gasteiger partial charge on any atom is 0.252 e.